The van der Waals surface area contributed by atoms with Crippen LogP contribution in [-0.2, 0) is 4.79 Å². The van der Waals surface area contributed by atoms with Crippen LogP contribution in [0.5, 0.6) is 0 Å². The average Bonchev–Trinajstić information content (AvgIpc) is 3.71. The van der Waals surface area contributed by atoms with Gasteiger partial charge in [-0.15, -0.1) is 11.3 Å². The number of fused-ring (bicyclic) bond motifs is 2. The number of H-pyrrole nitrogens is 2. The monoisotopic (exact) mass is 537 g/mol. The number of amides is 1. The van der Waals surface area contributed by atoms with Crippen LogP contribution < -0.4 is 5.32 Å². The summed E-state index contributed by atoms with van der Waals surface area (Å²) in [6.45, 7) is 0. The average molecular weight is 538 g/mol. The first-order valence-corrected chi connectivity index (χ1v) is 13.8. The van der Waals surface area contributed by atoms with Crippen molar-refractivity contribution in [3.63, 3.8) is 0 Å². The van der Waals surface area contributed by atoms with Gasteiger partial charge < -0.3 is 10.3 Å². The Kier molecular flexibility index (Phi) is 5.89. The molecule has 1 saturated carbocycles. The zero-order valence-corrected chi connectivity index (χ0v) is 21.7. The summed E-state index contributed by atoms with van der Waals surface area (Å²) in [5, 5.41) is 12.1. The van der Waals surface area contributed by atoms with Gasteiger partial charge in [-0.2, -0.15) is 9.49 Å². The summed E-state index contributed by atoms with van der Waals surface area (Å²) in [5.41, 5.74) is 6.16. The molecule has 6 heterocycles. The Bertz CT molecular complexity index is 1830. The van der Waals surface area contributed by atoms with Gasteiger partial charge in [-0.25, -0.2) is 4.98 Å². The lowest BCUT2D eigenvalue weighted by molar-refractivity contribution is -0.120. The quantitative estimate of drug-likeness (QED) is 0.220. The van der Waals surface area contributed by atoms with E-state index < -0.39 is 0 Å². The summed E-state index contributed by atoms with van der Waals surface area (Å²) in [5.74, 6) is 0.136. The first kappa shape index (κ1) is 23.7. The first-order valence-electron chi connectivity index (χ1n) is 13.0. The molecule has 0 aromatic carbocycles. The van der Waals surface area contributed by atoms with Crippen molar-refractivity contribution in [1.82, 2.24) is 30.1 Å². The van der Waals surface area contributed by atoms with Gasteiger partial charge in [0.15, 0.2) is 10.8 Å². The molecule has 1 aliphatic carbocycles. The van der Waals surface area contributed by atoms with Gasteiger partial charge in [0.1, 0.15) is 5.69 Å². The van der Waals surface area contributed by atoms with E-state index in [9.17, 15) is 9.18 Å². The minimum absolute atomic E-state index is 0.0669. The highest BCUT2D eigenvalue weighted by Crippen LogP contribution is 2.36. The van der Waals surface area contributed by atoms with E-state index in [1.54, 1.807) is 30.9 Å². The Labute approximate surface area is 226 Å². The minimum atomic E-state index is -0.247. The molecule has 3 N–H and O–H groups in total. The van der Waals surface area contributed by atoms with Crippen molar-refractivity contribution in [2.24, 2.45) is 5.92 Å². The summed E-state index contributed by atoms with van der Waals surface area (Å²) in [7, 11) is 0. The van der Waals surface area contributed by atoms with Gasteiger partial charge >= 0.3 is 0 Å². The molecule has 6 aromatic heterocycles. The minimum Gasteiger partial charge on any atom is -0.353 e. The molecular formula is C29H24FN7OS. The van der Waals surface area contributed by atoms with Crippen molar-refractivity contribution in [2.45, 2.75) is 32.1 Å². The van der Waals surface area contributed by atoms with Gasteiger partial charge in [0.05, 0.1) is 28.1 Å². The molecule has 10 heteroatoms. The van der Waals surface area contributed by atoms with Crippen molar-refractivity contribution in [1.29, 1.82) is 0 Å². The van der Waals surface area contributed by atoms with E-state index in [1.807, 2.05) is 24.3 Å². The number of anilines is 1. The number of thiophene rings is 1. The molecule has 6 aromatic rings. The molecule has 0 aliphatic heterocycles. The molecule has 1 fully saturated rings. The molecule has 1 amide bonds. The highest BCUT2D eigenvalue weighted by Gasteiger charge is 2.21. The van der Waals surface area contributed by atoms with Gasteiger partial charge in [-0.1, -0.05) is 19.3 Å². The number of pyridine rings is 3. The van der Waals surface area contributed by atoms with Crippen LogP contribution in [0.1, 0.15) is 32.1 Å². The number of nitrogens with zero attached hydrogens (tertiary/aromatic N) is 4. The van der Waals surface area contributed by atoms with Gasteiger partial charge in [0, 0.05) is 51.9 Å². The zero-order valence-electron chi connectivity index (χ0n) is 20.9. The fourth-order valence-electron chi connectivity index (χ4n) is 5.36. The van der Waals surface area contributed by atoms with Crippen LogP contribution in [0.2, 0.25) is 0 Å². The largest absolute Gasteiger partial charge is 0.353 e. The Hall–Kier alpha value is -4.44. The third-order valence-electron chi connectivity index (χ3n) is 7.34. The Morgan fingerprint density at radius 3 is 2.67 bits per heavy atom. The molecule has 39 heavy (non-hydrogen) atoms. The maximum atomic E-state index is 13.7. The van der Waals surface area contributed by atoms with Crippen LogP contribution in [0.4, 0.5) is 10.1 Å². The van der Waals surface area contributed by atoms with E-state index in [0.29, 0.717) is 17.0 Å². The highest BCUT2D eigenvalue weighted by molar-refractivity contribution is 7.13. The topological polar surface area (TPSA) is 112 Å². The van der Waals surface area contributed by atoms with E-state index >= 15 is 0 Å². The molecule has 7 rings (SSSR count). The lowest BCUT2D eigenvalue weighted by Crippen LogP contribution is -2.24. The van der Waals surface area contributed by atoms with Crippen LogP contribution in [0.25, 0.3) is 55.0 Å². The van der Waals surface area contributed by atoms with E-state index in [1.165, 1.54) is 12.5 Å². The smallest absolute Gasteiger partial charge is 0.227 e. The molecule has 1 aliphatic rings. The van der Waals surface area contributed by atoms with Crippen molar-refractivity contribution < 1.29 is 9.18 Å². The molecule has 0 unspecified atom stereocenters. The Morgan fingerprint density at radius 2 is 1.82 bits per heavy atom. The lowest BCUT2D eigenvalue weighted by Gasteiger charge is -2.20. The van der Waals surface area contributed by atoms with Crippen LogP contribution >= 0.6 is 11.3 Å². The molecule has 0 radical (unpaired) electrons. The molecule has 0 spiro atoms. The third-order valence-corrected chi connectivity index (χ3v) is 8.22. The second kappa shape index (κ2) is 9.70. The van der Waals surface area contributed by atoms with E-state index in [-0.39, 0.29) is 17.0 Å². The zero-order chi connectivity index (χ0) is 26.3. The number of aromatic nitrogens is 6. The van der Waals surface area contributed by atoms with Gasteiger partial charge in [-0.3, -0.25) is 19.9 Å². The standard InChI is InChI=1S/C29H24FN7OS/c30-25-7-6-24(39-25)27-20-12-23(35-22(20)8-9-32-27)26-21-11-18(14-33-28(21)37-36-26)17-10-19(15-31-13-17)34-29(38)16-4-2-1-3-5-16/h6-16,35H,1-5H2,(H,34,38)(H,33,36,37). The number of carbonyl (C=O) groups is 1. The fourth-order valence-corrected chi connectivity index (χ4v) is 6.10. The first-order chi connectivity index (χ1) is 19.1. The van der Waals surface area contributed by atoms with Gasteiger partial charge in [0.2, 0.25) is 5.91 Å². The summed E-state index contributed by atoms with van der Waals surface area (Å²) >= 11 is 1.07. The van der Waals surface area contributed by atoms with Crippen molar-refractivity contribution in [3.8, 4) is 33.1 Å². The van der Waals surface area contributed by atoms with Crippen LogP contribution in [0.3, 0.4) is 0 Å². The van der Waals surface area contributed by atoms with Crippen LogP contribution in [0.15, 0.2) is 61.2 Å². The molecule has 0 atom stereocenters. The number of carbonyl (C=O) groups excluding carboxylic acids is 1. The number of nitrogens with one attached hydrogen (secondary N) is 3. The van der Waals surface area contributed by atoms with E-state index in [0.717, 1.165) is 80.7 Å². The van der Waals surface area contributed by atoms with Crippen LogP contribution in [0, 0.1) is 11.0 Å². The van der Waals surface area contributed by atoms with E-state index in [4.69, 9.17) is 0 Å². The Balaban J connectivity index is 1.22. The number of aromatic amines is 2. The molecular weight excluding hydrogens is 513 g/mol. The van der Waals surface area contributed by atoms with Gasteiger partial charge in [-0.05, 0) is 49.2 Å². The predicted octanol–water partition coefficient (Wildman–Crippen LogP) is 6.95. The Morgan fingerprint density at radius 1 is 0.949 bits per heavy atom. The number of halogens is 1. The predicted molar refractivity (Wildman–Crippen MR) is 151 cm³/mol. The lowest BCUT2D eigenvalue weighted by atomic mass is 9.88. The van der Waals surface area contributed by atoms with Crippen molar-refractivity contribution in [3.05, 3.63) is 66.3 Å². The summed E-state index contributed by atoms with van der Waals surface area (Å²) in [6, 6.07) is 11.0. The number of hydrogen-bond donors (Lipinski definition) is 3. The third kappa shape index (κ3) is 4.46. The second-order valence-electron chi connectivity index (χ2n) is 9.89. The summed E-state index contributed by atoms with van der Waals surface area (Å²) < 4.78 is 13.7. The van der Waals surface area contributed by atoms with Crippen molar-refractivity contribution >= 4 is 44.9 Å². The fraction of sp³-hybridized carbons (Fsp3) is 0.207. The maximum absolute atomic E-state index is 13.7. The second-order valence-corrected chi connectivity index (χ2v) is 10.9. The number of rotatable bonds is 5. The molecule has 8 nitrogen and oxygen atoms in total. The maximum Gasteiger partial charge on any atom is 0.227 e. The van der Waals surface area contributed by atoms with Crippen molar-refractivity contribution in [2.75, 3.05) is 5.32 Å². The summed E-state index contributed by atoms with van der Waals surface area (Å²) in [4.78, 5) is 30.4. The SMILES string of the molecule is O=C(Nc1cncc(-c2cnc3[nH]nc(-c4cc5c(-c6ccc(F)s6)nccc5[nH]4)c3c2)c1)C1CCCCC1. The highest BCUT2D eigenvalue weighted by atomic mass is 32.1. The number of hydrogen-bond acceptors (Lipinski definition) is 6. The normalized spacial score (nSPS) is 14.3. The van der Waals surface area contributed by atoms with E-state index in [2.05, 4.69) is 35.5 Å². The van der Waals surface area contributed by atoms with Gasteiger partial charge in [0.25, 0.3) is 0 Å². The molecule has 0 saturated heterocycles. The summed E-state index contributed by atoms with van der Waals surface area (Å²) in [6.07, 6.45) is 12.2. The molecule has 0 bridgehead atoms. The molecule has 194 valence electrons. The van der Waals surface area contributed by atoms with Crippen LogP contribution in [-0.4, -0.2) is 36.0 Å².